The Hall–Kier alpha value is -2.25. The van der Waals surface area contributed by atoms with Crippen LogP contribution in [0.1, 0.15) is 51.1 Å². The molecule has 0 radical (unpaired) electrons. The van der Waals surface area contributed by atoms with E-state index in [4.69, 9.17) is 0 Å². The number of hydrogen-bond acceptors (Lipinski definition) is 5. The Bertz CT molecular complexity index is 1180. The van der Waals surface area contributed by atoms with Gasteiger partial charge in [0.05, 0.1) is 5.69 Å². The molecule has 2 fully saturated rings. The third kappa shape index (κ3) is 4.26. The number of nitrogens with one attached hydrogen (secondary N) is 1. The molecule has 0 spiro atoms. The van der Waals surface area contributed by atoms with Crippen molar-refractivity contribution in [2.75, 3.05) is 19.6 Å². The quantitative estimate of drug-likeness (QED) is 0.637. The van der Waals surface area contributed by atoms with Crippen molar-refractivity contribution < 1.29 is 4.79 Å². The lowest BCUT2D eigenvalue weighted by molar-refractivity contribution is -0.123. The van der Waals surface area contributed by atoms with Crippen LogP contribution in [0.3, 0.4) is 0 Å². The molecule has 1 aromatic carbocycles. The van der Waals surface area contributed by atoms with E-state index in [2.05, 4.69) is 35.2 Å². The minimum Gasteiger partial charge on any atom is -0.350 e. The highest BCUT2D eigenvalue weighted by Gasteiger charge is 2.28. The van der Waals surface area contributed by atoms with Crippen LogP contribution in [-0.4, -0.2) is 46.3 Å². The van der Waals surface area contributed by atoms with Crippen molar-refractivity contribution >= 4 is 37.4 Å². The predicted molar refractivity (Wildman–Crippen MR) is 126 cm³/mol. The molecule has 0 unspecified atom stereocenters. The number of amides is 1. The van der Waals surface area contributed by atoms with Crippen molar-refractivity contribution in [3.05, 3.63) is 40.3 Å². The molecule has 164 valence electrons. The second-order valence-electron chi connectivity index (χ2n) is 9.41. The van der Waals surface area contributed by atoms with Crippen molar-refractivity contribution in [3.8, 4) is 0 Å². The molecule has 1 aliphatic heterocycles. The maximum atomic E-state index is 13.2. The van der Waals surface area contributed by atoms with Gasteiger partial charge in [-0.25, -0.2) is 4.68 Å². The van der Waals surface area contributed by atoms with Gasteiger partial charge in [-0.1, -0.05) is 32.0 Å². The van der Waals surface area contributed by atoms with Gasteiger partial charge in [0, 0.05) is 34.6 Å². The number of nitrogens with zero attached hydrogens (tertiary/aromatic N) is 3. The topological polar surface area (TPSA) is 67.2 Å². The number of aromatic nitrogens is 2. The lowest BCUT2D eigenvalue weighted by Crippen LogP contribution is -2.49. The van der Waals surface area contributed by atoms with E-state index in [0.29, 0.717) is 4.70 Å². The van der Waals surface area contributed by atoms with Crippen molar-refractivity contribution in [3.63, 3.8) is 0 Å². The molecule has 1 aliphatic carbocycles. The van der Waals surface area contributed by atoms with E-state index in [1.807, 2.05) is 18.2 Å². The van der Waals surface area contributed by atoms with Crippen LogP contribution in [0.5, 0.6) is 0 Å². The van der Waals surface area contributed by atoms with Crippen molar-refractivity contribution in [2.24, 2.45) is 5.92 Å². The van der Waals surface area contributed by atoms with Gasteiger partial charge in [-0.2, -0.15) is 5.10 Å². The van der Waals surface area contributed by atoms with Gasteiger partial charge < -0.3 is 10.2 Å². The summed E-state index contributed by atoms with van der Waals surface area (Å²) < 4.78 is 3.15. The minimum atomic E-state index is -0.172. The van der Waals surface area contributed by atoms with Crippen LogP contribution in [0.15, 0.2) is 29.1 Å². The zero-order valence-electron chi connectivity index (χ0n) is 18.3. The molecule has 0 bridgehead atoms. The summed E-state index contributed by atoms with van der Waals surface area (Å²) in [6.07, 6.45) is 4.81. The van der Waals surface area contributed by atoms with Gasteiger partial charge in [0.25, 0.3) is 5.56 Å². The highest BCUT2D eigenvalue weighted by atomic mass is 32.1. The molecule has 1 N–H and O–H groups in total. The average Bonchev–Trinajstić information content (AvgIpc) is 3.47. The number of thiophene rings is 1. The minimum absolute atomic E-state index is 0.0259. The second-order valence-corrected chi connectivity index (χ2v) is 10.5. The molecular weight excluding hydrogens is 408 g/mol. The Morgan fingerprint density at radius 2 is 2.06 bits per heavy atom. The molecule has 1 atom stereocenters. The number of carbonyl (C=O) groups is 1. The number of hydrogen-bond donors (Lipinski definition) is 1. The average molecular weight is 439 g/mol. The standard InChI is InChI=1S/C24H30N4O2S/c1-15(2)22-21-18-7-3-4-8-19(18)31-23(21)24(30)28(26-22)14-20(29)25-17-6-5-11-27(13-17)12-16-9-10-16/h3-4,7-8,15-17H,5-6,9-14H2,1-2H3,(H,25,29)/t17-/m1/s1. The first-order chi connectivity index (χ1) is 15.0. The Labute approximate surface area is 186 Å². The molecule has 1 amide bonds. The highest BCUT2D eigenvalue weighted by molar-refractivity contribution is 7.25. The third-order valence-electron chi connectivity index (χ3n) is 6.43. The van der Waals surface area contributed by atoms with E-state index in [1.165, 1.54) is 28.9 Å². The summed E-state index contributed by atoms with van der Waals surface area (Å²) in [5.74, 6) is 0.896. The van der Waals surface area contributed by atoms with Crippen molar-refractivity contribution in [1.29, 1.82) is 0 Å². The molecule has 3 heterocycles. The maximum absolute atomic E-state index is 13.2. The molecule has 6 nitrogen and oxygen atoms in total. The van der Waals surface area contributed by atoms with Crippen LogP contribution in [0.2, 0.25) is 0 Å². The number of likely N-dealkylation sites (tertiary alicyclic amines) is 1. The van der Waals surface area contributed by atoms with Gasteiger partial charge in [-0.15, -0.1) is 11.3 Å². The summed E-state index contributed by atoms with van der Waals surface area (Å²) in [7, 11) is 0. The lowest BCUT2D eigenvalue weighted by atomic mass is 10.0. The van der Waals surface area contributed by atoms with E-state index >= 15 is 0 Å². The fourth-order valence-electron chi connectivity index (χ4n) is 4.72. The second kappa shape index (κ2) is 8.36. The van der Waals surface area contributed by atoms with E-state index < -0.39 is 0 Å². The van der Waals surface area contributed by atoms with E-state index in [9.17, 15) is 9.59 Å². The molecule has 31 heavy (non-hydrogen) atoms. The number of rotatable bonds is 6. The molecule has 7 heteroatoms. The fourth-order valence-corrected chi connectivity index (χ4v) is 5.87. The van der Waals surface area contributed by atoms with Crippen LogP contribution in [0.25, 0.3) is 20.2 Å². The normalized spacial score (nSPS) is 20.0. The monoisotopic (exact) mass is 438 g/mol. The van der Waals surface area contributed by atoms with Gasteiger partial charge >= 0.3 is 0 Å². The first-order valence-electron chi connectivity index (χ1n) is 11.4. The summed E-state index contributed by atoms with van der Waals surface area (Å²) in [4.78, 5) is 28.5. The molecule has 1 saturated heterocycles. The first-order valence-corrected chi connectivity index (χ1v) is 12.2. The Balaban J connectivity index is 1.38. The Kier molecular flexibility index (Phi) is 5.56. The first kappa shape index (κ1) is 20.6. The van der Waals surface area contributed by atoms with Crippen LogP contribution in [-0.2, 0) is 11.3 Å². The zero-order chi connectivity index (χ0) is 21.5. The molecule has 2 aromatic heterocycles. The number of benzene rings is 1. The van der Waals surface area contributed by atoms with Gasteiger partial charge in [-0.05, 0) is 50.1 Å². The molecule has 3 aromatic rings. The van der Waals surface area contributed by atoms with Crippen LogP contribution in [0.4, 0.5) is 0 Å². The SMILES string of the molecule is CC(C)c1nn(CC(=O)N[C@@H]2CCCN(CC3CC3)C2)c(=O)c2sc3ccccc3c12. The zero-order valence-corrected chi connectivity index (χ0v) is 19.1. The summed E-state index contributed by atoms with van der Waals surface area (Å²) in [5, 5.41) is 9.84. The summed E-state index contributed by atoms with van der Waals surface area (Å²) >= 11 is 1.50. The third-order valence-corrected chi connectivity index (χ3v) is 7.59. The lowest BCUT2D eigenvalue weighted by Gasteiger charge is -2.33. The summed E-state index contributed by atoms with van der Waals surface area (Å²) in [5.41, 5.74) is 0.711. The van der Waals surface area contributed by atoms with Crippen molar-refractivity contribution in [1.82, 2.24) is 20.0 Å². The predicted octanol–water partition coefficient (Wildman–Crippen LogP) is 3.73. The van der Waals surface area contributed by atoms with Crippen LogP contribution >= 0.6 is 11.3 Å². The molecule has 2 aliphatic rings. The largest absolute Gasteiger partial charge is 0.350 e. The number of fused-ring (bicyclic) bond motifs is 3. The molecule has 1 saturated carbocycles. The van der Waals surface area contributed by atoms with Gasteiger partial charge in [0.1, 0.15) is 11.2 Å². The van der Waals surface area contributed by atoms with E-state index in [-0.39, 0.29) is 30.0 Å². The molecule has 5 rings (SSSR count). The Morgan fingerprint density at radius 1 is 1.26 bits per heavy atom. The summed E-state index contributed by atoms with van der Waals surface area (Å²) in [6, 6.07) is 8.23. The van der Waals surface area contributed by atoms with Crippen LogP contribution < -0.4 is 10.9 Å². The van der Waals surface area contributed by atoms with Crippen LogP contribution in [0, 0.1) is 5.92 Å². The van der Waals surface area contributed by atoms with E-state index in [1.54, 1.807) is 0 Å². The Morgan fingerprint density at radius 3 is 2.84 bits per heavy atom. The number of piperidine rings is 1. The maximum Gasteiger partial charge on any atom is 0.285 e. The molecular formula is C24H30N4O2S. The van der Waals surface area contributed by atoms with Gasteiger partial charge in [-0.3, -0.25) is 9.59 Å². The fraction of sp³-hybridized carbons (Fsp3) is 0.542. The van der Waals surface area contributed by atoms with Gasteiger partial charge in [0.2, 0.25) is 5.91 Å². The smallest absolute Gasteiger partial charge is 0.285 e. The summed E-state index contributed by atoms with van der Waals surface area (Å²) in [6.45, 7) is 7.34. The van der Waals surface area contributed by atoms with Gasteiger partial charge in [0.15, 0.2) is 0 Å². The van der Waals surface area contributed by atoms with Crippen molar-refractivity contribution in [2.45, 2.75) is 58.0 Å². The number of carbonyl (C=O) groups excluding carboxylic acids is 1. The van der Waals surface area contributed by atoms with E-state index in [0.717, 1.165) is 59.6 Å². The highest BCUT2D eigenvalue weighted by Crippen LogP contribution is 2.35.